The molecule has 1 amide bonds. The number of pyridine rings is 1. The Morgan fingerprint density at radius 1 is 1.00 bits per heavy atom. The Labute approximate surface area is 227 Å². The highest BCUT2D eigenvalue weighted by atomic mass is 16.6. The van der Waals surface area contributed by atoms with Crippen LogP contribution in [-0.2, 0) is 27.4 Å². The SMILES string of the molecule is CCOC(=O)c1cn(C[C@]23C[C@H](CN2C(=O)OC(C)(C)C)C3)c(C(=O)OCC)c(OCc2ccccc2)c1=O. The zero-order valence-electron chi connectivity index (χ0n) is 23.2. The van der Waals surface area contributed by atoms with E-state index in [4.69, 9.17) is 18.9 Å². The molecule has 0 unspecified atom stereocenters. The summed E-state index contributed by atoms with van der Waals surface area (Å²) in [4.78, 5) is 54.4. The number of ether oxygens (including phenoxy) is 4. The van der Waals surface area contributed by atoms with Crippen molar-refractivity contribution in [3.05, 3.63) is 63.6 Å². The summed E-state index contributed by atoms with van der Waals surface area (Å²) < 4.78 is 23.6. The predicted octanol–water partition coefficient (Wildman–Crippen LogP) is 4.18. The maximum atomic E-state index is 13.5. The van der Waals surface area contributed by atoms with E-state index in [1.807, 2.05) is 30.3 Å². The Kier molecular flexibility index (Phi) is 8.04. The Morgan fingerprint density at radius 2 is 1.64 bits per heavy atom. The second-order valence-corrected chi connectivity index (χ2v) is 11.0. The first-order chi connectivity index (χ1) is 18.5. The molecular weight excluding hydrogens is 504 g/mol. The first-order valence-corrected chi connectivity index (χ1v) is 13.3. The molecule has 210 valence electrons. The Bertz CT molecular complexity index is 1290. The maximum absolute atomic E-state index is 13.5. The van der Waals surface area contributed by atoms with Crippen LogP contribution in [0.5, 0.6) is 5.75 Å². The van der Waals surface area contributed by atoms with Crippen LogP contribution in [0.2, 0.25) is 0 Å². The molecule has 2 aromatic rings. The number of hydrogen-bond acceptors (Lipinski definition) is 8. The van der Waals surface area contributed by atoms with Crippen molar-refractivity contribution in [3.63, 3.8) is 0 Å². The summed E-state index contributed by atoms with van der Waals surface area (Å²) in [5.41, 5.74) is -1.68. The fourth-order valence-electron chi connectivity index (χ4n) is 5.32. The van der Waals surface area contributed by atoms with Crippen LogP contribution in [0.25, 0.3) is 0 Å². The van der Waals surface area contributed by atoms with Gasteiger partial charge in [0.15, 0.2) is 11.4 Å². The molecule has 1 aliphatic carbocycles. The van der Waals surface area contributed by atoms with Crippen LogP contribution in [0.1, 0.15) is 73.9 Å². The summed E-state index contributed by atoms with van der Waals surface area (Å²) in [6.07, 6.45) is 2.29. The standard InChI is InChI=1S/C29H36N2O8/c1-6-36-25(33)21-16-30(18-29-13-20(14-29)15-31(29)27(35)39-28(3,4)5)22(26(34)37-7-2)24(23(21)32)38-17-19-11-9-8-10-12-19/h8-12,16,20H,6-7,13-15,17-18H2,1-5H3/t20-,29+. The Balaban J connectivity index is 1.80. The van der Waals surface area contributed by atoms with Gasteiger partial charge >= 0.3 is 18.0 Å². The number of benzene rings is 1. The van der Waals surface area contributed by atoms with Gasteiger partial charge in [-0.15, -0.1) is 0 Å². The molecule has 0 N–H and O–H groups in total. The van der Waals surface area contributed by atoms with Gasteiger partial charge in [0.1, 0.15) is 17.8 Å². The van der Waals surface area contributed by atoms with E-state index in [-0.39, 0.29) is 43.4 Å². The second kappa shape index (κ2) is 11.1. The van der Waals surface area contributed by atoms with Crippen molar-refractivity contribution in [2.45, 2.75) is 71.8 Å². The molecule has 3 heterocycles. The average Bonchev–Trinajstić information content (AvgIpc) is 3.39. The molecule has 2 aliphatic heterocycles. The third-order valence-electron chi connectivity index (χ3n) is 6.86. The van der Waals surface area contributed by atoms with Gasteiger partial charge in [0.05, 0.1) is 18.8 Å². The van der Waals surface area contributed by atoms with E-state index in [0.29, 0.717) is 25.3 Å². The first-order valence-electron chi connectivity index (χ1n) is 13.3. The molecule has 0 spiro atoms. The molecular formula is C29H36N2O8. The van der Waals surface area contributed by atoms with Crippen LogP contribution in [0.4, 0.5) is 4.79 Å². The average molecular weight is 541 g/mol. The van der Waals surface area contributed by atoms with Gasteiger partial charge in [-0.2, -0.15) is 0 Å². The zero-order valence-corrected chi connectivity index (χ0v) is 23.2. The molecule has 0 atom stereocenters. The van der Waals surface area contributed by atoms with Crippen molar-refractivity contribution in [2.24, 2.45) is 5.92 Å². The number of aromatic nitrogens is 1. The molecule has 2 bridgehead atoms. The van der Waals surface area contributed by atoms with E-state index in [1.165, 1.54) is 10.8 Å². The minimum Gasteiger partial charge on any atom is -0.482 e. The Morgan fingerprint density at radius 3 is 2.26 bits per heavy atom. The summed E-state index contributed by atoms with van der Waals surface area (Å²) in [5, 5.41) is 0. The lowest BCUT2D eigenvalue weighted by Crippen LogP contribution is -2.53. The largest absolute Gasteiger partial charge is 0.482 e. The summed E-state index contributed by atoms with van der Waals surface area (Å²) in [6.45, 7) is 9.53. The lowest BCUT2D eigenvalue weighted by molar-refractivity contribution is 0.00245. The van der Waals surface area contributed by atoms with Gasteiger partial charge in [0.25, 0.3) is 0 Å². The third-order valence-corrected chi connectivity index (χ3v) is 6.86. The monoisotopic (exact) mass is 540 g/mol. The van der Waals surface area contributed by atoms with Gasteiger partial charge in [-0.25, -0.2) is 14.4 Å². The van der Waals surface area contributed by atoms with Crippen molar-refractivity contribution < 1.29 is 33.3 Å². The highest BCUT2D eigenvalue weighted by molar-refractivity contribution is 5.94. The topological polar surface area (TPSA) is 113 Å². The highest BCUT2D eigenvalue weighted by Crippen LogP contribution is 2.52. The molecule has 1 saturated carbocycles. The summed E-state index contributed by atoms with van der Waals surface area (Å²) in [6, 6.07) is 9.15. The van der Waals surface area contributed by atoms with E-state index in [9.17, 15) is 19.2 Å². The van der Waals surface area contributed by atoms with Gasteiger partial charge in [-0.05, 0) is 58.9 Å². The maximum Gasteiger partial charge on any atom is 0.410 e. The van der Waals surface area contributed by atoms with E-state index in [2.05, 4.69) is 0 Å². The van der Waals surface area contributed by atoms with Gasteiger partial charge in [0.2, 0.25) is 5.43 Å². The summed E-state index contributed by atoms with van der Waals surface area (Å²) in [5.74, 6) is -1.57. The molecule has 3 fully saturated rings. The first kappa shape index (κ1) is 28.2. The van der Waals surface area contributed by atoms with Crippen LogP contribution in [0.15, 0.2) is 41.3 Å². The number of hydrogen-bond donors (Lipinski definition) is 0. The van der Waals surface area contributed by atoms with Gasteiger partial charge in [0, 0.05) is 19.3 Å². The zero-order chi connectivity index (χ0) is 28.4. The molecule has 3 aliphatic rings. The van der Waals surface area contributed by atoms with Crippen LogP contribution in [0, 0.1) is 5.92 Å². The van der Waals surface area contributed by atoms with Crippen molar-refractivity contribution in [1.82, 2.24) is 9.47 Å². The van der Waals surface area contributed by atoms with Gasteiger partial charge < -0.3 is 28.4 Å². The third kappa shape index (κ3) is 5.94. The normalized spacial score (nSPS) is 19.7. The molecule has 10 heteroatoms. The second-order valence-electron chi connectivity index (χ2n) is 11.0. The minimum absolute atomic E-state index is 0.00792. The van der Waals surface area contributed by atoms with Crippen LogP contribution in [0.3, 0.4) is 0 Å². The van der Waals surface area contributed by atoms with Gasteiger partial charge in [-0.1, -0.05) is 30.3 Å². The number of carbonyl (C=O) groups is 3. The van der Waals surface area contributed by atoms with Crippen molar-refractivity contribution in [2.75, 3.05) is 19.8 Å². The van der Waals surface area contributed by atoms with E-state index < -0.39 is 34.6 Å². The predicted molar refractivity (Wildman–Crippen MR) is 142 cm³/mol. The summed E-state index contributed by atoms with van der Waals surface area (Å²) in [7, 11) is 0. The van der Waals surface area contributed by atoms with E-state index >= 15 is 0 Å². The fraction of sp³-hybridized carbons (Fsp3) is 0.517. The highest BCUT2D eigenvalue weighted by Gasteiger charge is 2.59. The number of amides is 1. The lowest BCUT2D eigenvalue weighted by Gasteiger charge is -2.43. The molecule has 5 rings (SSSR count). The van der Waals surface area contributed by atoms with Crippen molar-refractivity contribution in [1.29, 1.82) is 0 Å². The van der Waals surface area contributed by atoms with E-state index in [1.54, 1.807) is 39.5 Å². The van der Waals surface area contributed by atoms with E-state index in [0.717, 1.165) is 5.56 Å². The van der Waals surface area contributed by atoms with Crippen LogP contribution < -0.4 is 10.2 Å². The Hall–Kier alpha value is -3.82. The molecule has 10 nitrogen and oxygen atoms in total. The molecule has 0 radical (unpaired) electrons. The number of fused-ring (bicyclic) bond motifs is 1. The molecule has 2 saturated heterocycles. The van der Waals surface area contributed by atoms with Gasteiger partial charge in [-0.3, -0.25) is 4.79 Å². The van der Waals surface area contributed by atoms with Crippen LogP contribution in [-0.4, -0.2) is 58.4 Å². The lowest BCUT2D eigenvalue weighted by atomic mass is 9.73. The van der Waals surface area contributed by atoms with Crippen LogP contribution >= 0.6 is 0 Å². The molecule has 1 aromatic carbocycles. The quantitative estimate of drug-likeness (QED) is 0.344. The molecule has 1 aromatic heterocycles. The smallest absolute Gasteiger partial charge is 0.410 e. The number of carbonyl (C=O) groups excluding carboxylic acids is 3. The molecule has 39 heavy (non-hydrogen) atoms. The fourth-order valence-corrected chi connectivity index (χ4v) is 5.32. The number of esters is 2. The number of rotatable bonds is 9. The van der Waals surface area contributed by atoms with Crippen molar-refractivity contribution in [3.8, 4) is 5.75 Å². The minimum atomic E-state index is -0.823. The van der Waals surface area contributed by atoms with Crippen molar-refractivity contribution >= 4 is 18.0 Å². The number of nitrogens with zero attached hydrogens (tertiary/aromatic N) is 2. The summed E-state index contributed by atoms with van der Waals surface area (Å²) >= 11 is 0.